The summed E-state index contributed by atoms with van der Waals surface area (Å²) in [5.74, 6) is 0.756. The highest BCUT2D eigenvalue weighted by Crippen LogP contribution is 2.20. The van der Waals surface area contributed by atoms with E-state index in [1.54, 1.807) is 7.05 Å². The third-order valence-corrected chi connectivity index (χ3v) is 5.33. The fraction of sp³-hybridized carbons (Fsp3) is 0.440. The summed E-state index contributed by atoms with van der Waals surface area (Å²) in [6.07, 6.45) is 0.813. The summed E-state index contributed by atoms with van der Waals surface area (Å²) in [4.78, 5) is 19.2. The molecule has 0 saturated carbocycles. The van der Waals surface area contributed by atoms with Crippen LogP contribution in [0.15, 0.2) is 59.6 Å². The number of carbonyl (C=O) groups is 1. The van der Waals surface area contributed by atoms with E-state index in [0.717, 1.165) is 44.1 Å². The van der Waals surface area contributed by atoms with Gasteiger partial charge < -0.3 is 16.0 Å². The molecule has 6 nitrogen and oxygen atoms in total. The van der Waals surface area contributed by atoms with Crippen molar-refractivity contribution in [1.82, 2.24) is 20.9 Å². The van der Waals surface area contributed by atoms with E-state index in [-0.39, 0.29) is 11.9 Å². The van der Waals surface area contributed by atoms with E-state index in [9.17, 15) is 4.79 Å². The number of carbonyl (C=O) groups excluding carboxylic acids is 1. The van der Waals surface area contributed by atoms with Crippen LogP contribution in [0.4, 0.5) is 0 Å². The molecule has 2 rings (SSSR count). The smallest absolute Gasteiger partial charge is 0.251 e. The largest absolute Gasteiger partial charge is 0.357 e. The van der Waals surface area contributed by atoms with E-state index < -0.39 is 0 Å². The Kier molecular flexibility index (Phi) is 10.6. The van der Waals surface area contributed by atoms with E-state index in [1.165, 1.54) is 5.56 Å². The quantitative estimate of drug-likeness (QED) is 0.383. The fourth-order valence-electron chi connectivity index (χ4n) is 3.63. The molecule has 0 aliphatic heterocycles. The lowest BCUT2D eigenvalue weighted by Gasteiger charge is -2.29. The van der Waals surface area contributed by atoms with Gasteiger partial charge in [-0.3, -0.25) is 14.7 Å². The number of amides is 1. The van der Waals surface area contributed by atoms with Gasteiger partial charge in [-0.25, -0.2) is 0 Å². The summed E-state index contributed by atoms with van der Waals surface area (Å²) in [6.45, 7) is 10.7. The Morgan fingerprint density at radius 2 is 1.74 bits per heavy atom. The van der Waals surface area contributed by atoms with Crippen LogP contribution in [0.2, 0.25) is 0 Å². The highest BCUT2D eigenvalue weighted by Gasteiger charge is 2.17. The molecule has 0 saturated heterocycles. The number of nitrogens with zero attached hydrogens (tertiary/aromatic N) is 2. The minimum absolute atomic E-state index is 0.0620. The van der Waals surface area contributed by atoms with Crippen LogP contribution in [0.3, 0.4) is 0 Å². The van der Waals surface area contributed by atoms with Gasteiger partial charge in [0.2, 0.25) is 0 Å². The monoisotopic (exact) mass is 423 g/mol. The lowest BCUT2D eigenvalue weighted by molar-refractivity contribution is 0.0963. The lowest BCUT2D eigenvalue weighted by Crippen LogP contribution is -2.39. The molecule has 2 aromatic carbocycles. The van der Waals surface area contributed by atoms with Crippen molar-refractivity contribution in [3.63, 3.8) is 0 Å². The Hall–Kier alpha value is -2.86. The number of hydrogen-bond donors (Lipinski definition) is 3. The van der Waals surface area contributed by atoms with Crippen molar-refractivity contribution in [2.45, 2.75) is 33.2 Å². The summed E-state index contributed by atoms with van der Waals surface area (Å²) >= 11 is 0. The molecule has 31 heavy (non-hydrogen) atoms. The molecule has 2 aromatic rings. The number of aliphatic imine (C=N–C) groups is 1. The molecule has 0 aliphatic carbocycles. The molecule has 168 valence electrons. The topological polar surface area (TPSA) is 68.8 Å². The first-order chi connectivity index (χ1) is 15.1. The van der Waals surface area contributed by atoms with Crippen LogP contribution in [0.25, 0.3) is 0 Å². The van der Waals surface area contributed by atoms with Gasteiger partial charge in [-0.15, -0.1) is 0 Å². The first kappa shape index (κ1) is 24.4. The normalized spacial score (nSPS) is 12.5. The maximum atomic E-state index is 11.8. The molecule has 0 bridgehead atoms. The molecule has 1 atom stereocenters. The third-order valence-electron chi connectivity index (χ3n) is 5.33. The zero-order chi connectivity index (χ0) is 22.5. The molecule has 0 fully saturated rings. The van der Waals surface area contributed by atoms with Crippen molar-refractivity contribution in [2.24, 2.45) is 4.99 Å². The number of rotatable bonds is 11. The van der Waals surface area contributed by atoms with Crippen LogP contribution >= 0.6 is 0 Å². The minimum Gasteiger partial charge on any atom is -0.357 e. The zero-order valence-corrected chi connectivity index (χ0v) is 19.3. The molecule has 1 amide bonds. The van der Waals surface area contributed by atoms with Crippen molar-refractivity contribution in [3.8, 4) is 0 Å². The second-order valence-corrected chi connectivity index (χ2v) is 7.32. The van der Waals surface area contributed by atoms with E-state index in [2.05, 4.69) is 72.0 Å². The minimum atomic E-state index is -0.0620. The number of nitrogens with one attached hydrogen (secondary N) is 3. The van der Waals surface area contributed by atoms with Crippen LogP contribution in [-0.2, 0) is 6.42 Å². The maximum absolute atomic E-state index is 11.8. The Balaban J connectivity index is 2.04. The molecule has 0 aromatic heterocycles. The van der Waals surface area contributed by atoms with Crippen molar-refractivity contribution in [1.29, 1.82) is 0 Å². The summed E-state index contributed by atoms with van der Waals surface area (Å²) in [6, 6.07) is 18.6. The van der Waals surface area contributed by atoms with E-state index in [0.29, 0.717) is 12.1 Å². The number of benzene rings is 2. The molecule has 6 heteroatoms. The molecule has 3 N–H and O–H groups in total. The summed E-state index contributed by atoms with van der Waals surface area (Å²) in [7, 11) is 1.65. The SMILES string of the molecule is CCNC(=NCC(c1ccccc1)N(CC)CC)NCCc1cccc(C(=O)NC)c1. The van der Waals surface area contributed by atoms with Gasteiger partial charge in [-0.2, -0.15) is 0 Å². The first-order valence-electron chi connectivity index (χ1n) is 11.2. The van der Waals surface area contributed by atoms with Crippen molar-refractivity contribution in [2.75, 3.05) is 39.8 Å². The Labute approximate surface area is 187 Å². The van der Waals surface area contributed by atoms with Crippen molar-refractivity contribution >= 4 is 11.9 Å². The third kappa shape index (κ3) is 7.72. The summed E-state index contributed by atoms with van der Waals surface area (Å²) < 4.78 is 0. The Morgan fingerprint density at radius 1 is 1.00 bits per heavy atom. The van der Waals surface area contributed by atoms with Gasteiger partial charge in [0.05, 0.1) is 12.6 Å². The van der Waals surface area contributed by atoms with Gasteiger partial charge in [-0.05, 0) is 49.7 Å². The highest BCUT2D eigenvalue weighted by molar-refractivity contribution is 5.94. The van der Waals surface area contributed by atoms with Gasteiger partial charge in [0, 0.05) is 25.7 Å². The molecule has 0 aliphatic rings. The second kappa shape index (κ2) is 13.4. The Morgan fingerprint density at radius 3 is 2.39 bits per heavy atom. The second-order valence-electron chi connectivity index (χ2n) is 7.32. The van der Waals surface area contributed by atoms with Crippen molar-refractivity contribution < 1.29 is 4.79 Å². The van der Waals surface area contributed by atoms with Crippen molar-refractivity contribution in [3.05, 3.63) is 71.3 Å². The van der Waals surface area contributed by atoms with Crippen LogP contribution in [0.5, 0.6) is 0 Å². The average Bonchev–Trinajstić information content (AvgIpc) is 2.81. The van der Waals surface area contributed by atoms with Crippen LogP contribution in [0.1, 0.15) is 48.3 Å². The summed E-state index contributed by atoms with van der Waals surface area (Å²) in [5.41, 5.74) is 3.09. The number of guanidine groups is 1. The van der Waals surface area contributed by atoms with Gasteiger partial charge in [0.1, 0.15) is 0 Å². The van der Waals surface area contributed by atoms with E-state index in [1.807, 2.05) is 24.3 Å². The zero-order valence-electron chi connectivity index (χ0n) is 19.3. The Bertz CT molecular complexity index is 818. The molecule has 0 spiro atoms. The molecular formula is C25H37N5O. The average molecular weight is 424 g/mol. The molecular weight excluding hydrogens is 386 g/mol. The van der Waals surface area contributed by atoms with Gasteiger partial charge in [-0.1, -0.05) is 56.3 Å². The van der Waals surface area contributed by atoms with E-state index >= 15 is 0 Å². The standard InChI is InChI=1S/C25H37N5O/c1-5-27-25(28-17-16-20-12-11-15-22(18-20)24(31)26-4)29-19-23(30(6-2)7-3)21-13-9-8-10-14-21/h8-15,18,23H,5-7,16-17,19H2,1-4H3,(H,26,31)(H2,27,28,29). The molecule has 1 unspecified atom stereocenters. The number of hydrogen-bond acceptors (Lipinski definition) is 3. The van der Waals surface area contributed by atoms with Gasteiger partial charge >= 0.3 is 0 Å². The maximum Gasteiger partial charge on any atom is 0.251 e. The first-order valence-corrected chi connectivity index (χ1v) is 11.2. The predicted molar refractivity (Wildman–Crippen MR) is 130 cm³/mol. The number of likely N-dealkylation sites (N-methyl/N-ethyl adjacent to an activating group) is 1. The van der Waals surface area contributed by atoms with Crippen LogP contribution < -0.4 is 16.0 Å². The molecule has 0 heterocycles. The highest BCUT2D eigenvalue weighted by atomic mass is 16.1. The van der Waals surface area contributed by atoms with Gasteiger partial charge in [0.15, 0.2) is 5.96 Å². The predicted octanol–water partition coefficient (Wildman–Crippen LogP) is 3.23. The fourth-order valence-corrected chi connectivity index (χ4v) is 3.63. The van der Waals surface area contributed by atoms with Crippen LogP contribution in [-0.4, -0.2) is 56.5 Å². The van der Waals surface area contributed by atoms with Crippen LogP contribution in [0, 0.1) is 0 Å². The molecule has 0 radical (unpaired) electrons. The van der Waals surface area contributed by atoms with Gasteiger partial charge in [0.25, 0.3) is 5.91 Å². The van der Waals surface area contributed by atoms with E-state index in [4.69, 9.17) is 4.99 Å². The lowest BCUT2D eigenvalue weighted by atomic mass is 10.1. The summed E-state index contributed by atoms with van der Waals surface area (Å²) in [5, 5.41) is 9.45.